The molecule has 0 saturated heterocycles. The van der Waals surface area contributed by atoms with Crippen molar-refractivity contribution in [3.63, 3.8) is 0 Å². The van der Waals surface area contributed by atoms with Crippen molar-refractivity contribution in [2.45, 2.75) is 51.8 Å². The van der Waals surface area contributed by atoms with Crippen LogP contribution < -0.4 is 0 Å². The maximum atomic E-state index is 6.66. The normalized spacial score (nSPS) is 43.5. The Morgan fingerprint density at radius 1 is 1.25 bits per heavy atom. The van der Waals surface area contributed by atoms with Crippen LogP contribution in [0.4, 0.5) is 0 Å². The van der Waals surface area contributed by atoms with Gasteiger partial charge in [-0.15, -0.1) is 11.6 Å². The number of rotatable bonds is 1. The molecule has 0 heterocycles. The molecule has 1 aliphatic carbocycles. The number of hydrogen-bond donors (Lipinski definition) is 0. The van der Waals surface area contributed by atoms with Crippen molar-refractivity contribution in [3.8, 4) is 0 Å². The van der Waals surface area contributed by atoms with E-state index in [4.69, 9.17) is 11.6 Å². The minimum Gasteiger partial charge on any atom is -0.119 e. The highest BCUT2D eigenvalue weighted by Gasteiger charge is 2.41. The van der Waals surface area contributed by atoms with Crippen LogP contribution in [0, 0.1) is 17.8 Å². The average Bonchev–Trinajstić information content (AvgIpc) is 1.97. The molecule has 0 spiro atoms. The Morgan fingerprint density at radius 3 is 2.25 bits per heavy atom. The van der Waals surface area contributed by atoms with Gasteiger partial charge in [0.25, 0.3) is 0 Å². The molecule has 0 radical (unpaired) electrons. The van der Waals surface area contributed by atoms with Gasteiger partial charge in [0.1, 0.15) is 0 Å². The van der Waals surface area contributed by atoms with Gasteiger partial charge in [-0.1, -0.05) is 34.1 Å². The summed E-state index contributed by atoms with van der Waals surface area (Å²) in [6, 6.07) is 0. The fraction of sp³-hybridized carbons (Fsp3) is 1.00. The third-order valence-electron chi connectivity index (χ3n) is 3.53. The van der Waals surface area contributed by atoms with E-state index in [9.17, 15) is 0 Å². The Balaban J connectivity index is 2.71. The van der Waals surface area contributed by atoms with Gasteiger partial charge in [-0.25, -0.2) is 0 Å². The van der Waals surface area contributed by atoms with Crippen molar-refractivity contribution in [1.29, 1.82) is 0 Å². The minimum absolute atomic E-state index is 0.0810. The van der Waals surface area contributed by atoms with E-state index in [-0.39, 0.29) is 4.87 Å². The first-order chi connectivity index (χ1) is 5.47. The van der Waals surface area contributed by atoms with E-state index in [1.807, 2.05) is 0 Å². The largest absolute Gasteiger partial charge is 0.119 e. The van der Waals surface area contributed by atoms with Crippen molar-refractivity contribution >= 4 is 11.6 Å². The van der Waals surface area contributed by atoms with Gasteiger partial charge in [0.05, 0.1) is 0 Å². The SMILES string of the molecule is CC1CCC(C)C(Cl)(C(C)C)C1. The average molecular weight is 189 g/mol. The molecule has 1 rings (SSSR count). The fourth-order valence-electron chi connectivity index (χ4n) is 2.42. The van der Waals surface area contributed by atoms with Crippen LogP contribution in [0.15, 0.2) is 0 Å². The predicted octanol–water partition coefficient (Wildman–Crippen LogP) is 4.08. The lowest BCUT2D eigenvalue weighted by Crippen LogP contribution is -2.41. The fourth-order valence-corrected chi connectivity index (χ4v) is 2.79. The summed E-state index contributed by atoms with van der Waals surface area (Å²) in [6.45, 7) is 9.13. The molecule has 0 aromatic heterocycles. The maximum absolute atomic E-state index is 6.66. The van der Waals surface area contributed by atoms with Crippen molar-refractivity contribution in [2.75, 3.05) is 0 Å². The van der Waals surface area contributed by atoms with E-state index in [2.05, 4.69) is 27.7 Å². The second-order valence-electron chi connectivity index (χ2n) is 4.87. The Kier molecular flexibility index (Phi) is 3.09. The minimum atomic E-state index is 0.0810. The summed E-state index contributed by atoms with van der Waals surface area (Å²) in [4.78, 5) is 0.0810. The highest BCUT2D eigenvalue weighted by atomic mass is 35.5. The molecule has 0 aromatic rings. The molecule has 1 fully saturated rings. The van der Waals surface area contributed by atoms with Gasteiger partial charge in [-0.05, 0) is 30.6 Å². The van der Waals surface area contributed by atoms with E-state index in [1.54, 1.807) is 0 Å². The number of halogens is 1. The summed E-state index contributed by atoms with van der Waals surface area (Å²) in [5.41, 5.74) is 0. The maximum Gasteiger partial charge on any atom is 0.0497 e. The lowest BCUT2D eigenvalue weighted by molar-refractivity contribution is 0.183. The molecule has 3 atom stereocenters. The predicted molar refractivity (Wildman–Crippen MR) is 55.6 cm³/mol. The van der Waals surface area contributed by atoms with Crippen LogP contribution in [0.5, 0.6) is 0 Å². The summed E-state index contributed by atoms with van der Waals surface area (Å²) >= 11 is 6.66. The van der Waals surface area contributed by atoms with Crippen molar-refractivity contribution in [1.82, 2.24) is 0 Å². The first-order valence-electron chi connectivity index (χ1n) is 5.15. The van der Waals surface area contributed by atoms with Crippen LogP contribution >= 0.6 is 11.6 Å². The van der Waals surface area contributed by atoms with Crippen LogP contribution in [0.2, 0.25) is 0 Å². The molecule has 12 heavy (non-hydrogen) atoms. The van der Waals surface area contributed by atoms with Crippen LogP contribution in [-0.4, -0.2) is 4.87 Å². The van der Waals surface area contributed by atoms with Crippen molar-refractivity contribution in [3.05, 3.63) is 0 Å². The van der Waals surface area contributed by atoms with E-state index in [0.717, 1.165) is 5.92 Å². The molecular formula is C11H21Cl. The van der Waals surface area contributed by atoms with Gasteiger partial charge < -0.3 is 0 Å². The third kappa shape index (κ3) is 1.79. The van der Waals surface area contributed by atoms with Gasteiger partial charge in [0.15, 0.2) is 0 Å². The Bertz CT molecular complexity index is 153. The molecule has 3 unspecified atom stereocenters. The molecule has 0 amide bonds. The highest BCUT2D eigenvalue weighted by molar-refractivity contribution is 6.24. The summed E-state index contributed by atoms with van der Waals surface area (Å²) in [7, 11) is 0. The second kappa shape index (κ2) is 3.57. The zero-order valence-electron chi connectivity index (χ0n) is 8.73. The number of alkyl halides is 1. The molecule has 1 saturated carbocycles. The number of hydrogen-bond acceptors (Lipinski definition) is 0. The van der Waals surface area contributed by atoms with Gasteiger partial charge in [0.2, 0.25) is 0 Å². The summed E-state index contributed by atoms with van der Waals surface area (Å²) < 4.78 is 0. The van der Waals surface area contributed by atoms with Gasteiger partial charge in [-0.2, -0.15) is 0 Å². The summed E-state index contributed by atoms with van der Waals surface area (Å²) in [6.07, 6.45) is 3.87. The molecular weight excluding hydrogens is 168 g/mol. The van der Waals surface area contributed by atoms with E-state index < -0.39 is 0 Å². The topological polar surface area (TPSA) is 0 Å². The quantitative estimate of drug-likeness (QED) is 0.545. The Hall–Kier alpha value is 0.290. The molecule has 0 aliphatic heterocycles. The first-order valence-corrected chi connectivity index (χ1v) is 5.53. The monoisotopic (exact) mass is 188 g/mol. The van der Waals surface area contributed by atoms with E-state index >= 15 is 0 Å². The van der Waals surface area contributed by atoms with Gasteiger partial charge in [0, 0.05) is 4.87 Å². The van der Waals surface area contributed by atoms with Crippen molar-refractivity contribution in [2.24, 2.45) is 17.8 Å². The molecule has 1 heteroatoms. The van der Waals surface area contributed by atoms with Crippen molar-refractivity contribution < 1.29 is 0 Å². The molecule has 0 N–H and O–H groups in total. The Labute approximate surface area is 81.7 Å². The zero-order chi connectivity index (χ0) is 9.35. The molecule has 0 bridgehead atoms. The van der Waals surface area contributed by atoms with Gasteiger partial charge >= 0.3 is 0 Å². The molecule has 72 valence electrons. The van der Waals surface area contributed by atoms with E-state index in [0.29, 0.717) is 11.8 Å². The lowest BCUT2D eigenvalue weighted by atomic mass is 9.70. The van der Waals surface area contributed by atoms with Crippen LogP contribution in [-0.2, 0) is 0 Å². The van der Waals surface area contributed by atoms with Crippen LogP contribution in [0.25, 0.3) is 0 Å². The zero-order valence-corrected chi connectivity index (χ0v) is 9.49. The first kappa shape index (κ1) is 10.4. The molecule has 1 aliphatic rings. The second-order valence-corrected chi connectivity index (χ2v) is 5.57. The highest BCUT2D eigenvalue weighted by Crippen LogP contribution is 2.46. The van der Waals surface area contributed by atoms with E-state index in [1.165, 1.54) is 19.3 Å². The summed E-state index contributed by atoms with van der Waals surface area (Å²) in [5.74, 6) is 2.12. The smallest absolute Gasteiger partial charge is 0.0497 e. The van der Waals surface area contributed by atoms with Gasteiger partial charge in [-0.3, -0.25) is 0 Å². The third-order valence-corrected chi connectivity index (χ3v) is 4.50. The molecule has 0 aromatic carbocycles. The van der Waals surface area contributed by atoms with Crippen LogP contribution in [0.3, 0.4) is 0 Å². The summed E-state index contributed by atoms with van der Waals surface area (Å²) in [5, 5.41) is 0. The lowest BCUT2D eigenvalue weighted by Gasteiger charge is -2.43. The standard InChI is InChI=1S/C11H21Cl/c1-8(2)11(12)7-9(3)5-6-10(11)4/h8-10H,5-7H2,1-4H3. The molecule has 0 nitrogen and oxygen atoms in total. The Morgan fingerprint density at radius 2 is 1.83 bits per heavy atom. The van der Waals surface area contributed by atoms with Crippen LogP contribution in [0.1, 0.15) is 47.0 Å².